The number of carbonyl (C=O) groups is 2. The summed E-state index contributed by atoms with van der Waals surface area (Å²) in [5.74, 6) is -0.141. The molecule has 6 nitrogen and oxygen atoms in total. The van der Waals surface area contributed by atoms with Crippen LogP contribution < -0.4 is 10.6 Å². The molecule has 2 rings (SSSR count). The summed E-state index contributed by atoms with van der Waals surface area (Å²) in [7, 11) is 1.87. The molecule has 0 spiro atoms. The number of amides is 2. The molecule has 0 saturated carbocycles. The van der Waals surface area contributed by atoms with Gasteiger partial charge in [-0.15, -0.1) is 0 Å². The summed E-state index contributed by atoms with van der Waals surface area (Å²) in [4.78, 5) is 24.2. The monoisotopic (exact) mass is 342 g/mol. The lowest BCUT2D eigenvalue weighted by Gasteiger charge is -2.17. The second-order valence-electron chi connectivity index (χ2n) is 7.28. The molecule has 25 heavy (non-hydrogen) atoms. The molecular formula is C19H26N4O2. The van der Waals surface area contributed by atoms with E-state index >= 15 is 0 Å². The Morgan fingerprint density at radius 3 is 2.00 bits per heavy atom. The van der Waals surface area contributed by atoms with Crippen molar-refractivity contribution >= 4 is 23.2 Å². The lowest BCUT2D eigenvalue weighted by Crippen LogP contribution is -2.27. The van der Waals surface area contributed by atoms with Gasteiger partial charge in [-0.2, -0.15) is 5.10 Å². The number of nitrogens with one attached hydrogen (secondary N) is 2. The van der Waals surface area contributed by atoms with Crippen molar-refractivity contribution in [2.24, 2.45) is 12.5 Å². The molecule has 0 aliphatic carbocycles. The molecule has 134 valence electrons. The van der Waals surface area contributed by atoms with Crippen LogP contribution in [0.1, 0.15) is 37.7 Å². The van der Waals surface area contributed by atoms with Crippen LogP contribution in [0, 0.1) is 19.3 Å². The van der Waals surface area contributed by atoms with Crippen LogP contribution in [0.5, 0.6) is 0 Å². The topological polar surface area (TPSA) is 76.0 Å². The Bertz CT molecular complexity index is 783. The van der Waals surface area contributed by atoms with E-state index in [1.54, 1.807) is 28.9 Å². The van der Waals surface area contributed by atoms with Crippen LogP contribution in [0.25, 0.3) is 0 Å². The van der Waals surface area contributed by atoms with Gasteiger partial charge in [-0.25, -0.2) is 0 Å². The minimum absolute atomic E-state index is 0.0492. The van der Waals surface area contributed by atoms with E-state index in [1.165, 1.54) is 0 Å². The van der Waals surface area contributed by atoms with E-state index in [0.29, 0.717) is 11.4 Å². The number of rotatable bonds is 4. The molecule has 0 bridgehead atoms. The molecule has 2 N–H and O–H groups in total. The highest BCUT2D eigenvalue weighted by Crippen LogP contribution is 2.19. The fourth-order valence-corrected chi connectivity index (χ4v) is 2.39. The van der Waals surface area contributed by atoms with Crippen molar-refractivity contribution in [2.75, 3.05) is 10.6 Å². The van der Waals surface area contributed by atoms with Crippen LogP contribution in [0.3, 0.4) is 0 Å². The Morgan fingerprint density at radius 1 is 1.04 bits per heavy atom. The van der Waals surface area contributed by atoms with Gasteiger partial charge < -0.3 is 10.6 Å². The summed E-state index contributed by atoms with van der Waals surface area (Å²) in [6.07, 6.45) is 0.286. The fourth-order valence-electron chi connectivity index (χ4n) is 2.39. The van der Waals surface area contributed by atoms with E-state index in [9.17, 15) is 9.59 Å². The zero-order chi connectivity index (χ0) is 18.8. The van der Waals surface area contributed by atoms with Gasteiger partial charge in [0.2, 0.25) is 11.8 Å². The molecule has 0 radical (unpaired) electrons. The van der Waals surface area contributed by atoms with Gasteiger partial charge >= 0.3 is 0 Å². The fraction of sp³-hybridized carbons (Fsp3) is 0.421. The maximum Gasteiger partial charge on any atom is 0.229 e. The Labute approximate surface area is 148 Å². The highest BCUT2D eigenvalue weighted by molar-refractivity contribution is 5.95. The summed E-state index contributed by atoms with van der Waals surface area (Å²) in [5.41, 5.74) is 3.76. The van der Waals surface area contributed by atoms with Gasteiger partial charge in [0.15, 0.2) is 0 Å². The van der Waals surface area contributed by atoms with E-state index in [1.807, 2.05) is 41.7 Å². The predicted octanol–water partition coefficient (Wildman–Crippen LogP) is 3.20. The molecule has 0 aliphatic heterocycles. The lowest BCUT2D eigenvalue weighted by atomic mass is 9.95. The van der Waals surface area contributed by atoms with Crippen molar-refractivity contribution in [3.8, 4) is 0 Å². The van der Waals surface area contributed by atoms with Crippen LogP contribution in [-0.4, -0.2) is 21.6 Å². The number of benzene rings is 1. The summed E-state index contributed by atoms with van der Waals surface area (Å²) in [6, 6.07) is 7.11. The summed E-state index contributed by atoms with van der Waals surface area (Å²) in [5, 5.41) is 10.1. The van der Waals surface area contributed by atoms with Crippen molar-refractivity contribution in [3.63, 3.8) is 0 Å². The molecule has 1 aromatic heterocycles. The Kier molecular flexibility index (Phi) is 5.30. The molecule has 0 aliphatic rings. The molecule has 0 unspecified atom stereocenters. The SMILES string of the molecule is Cc1nn(C)c(C)c1CC(=O)Nc1ccc(NC(=O)C(C)(C)C)cc1. The first-order valence-electron chi connectivity index (χ1n) is 8.28. The van der Waals surface area contributed by atoms with Gasteiger partial charge in [-0.3, -0.25) is 14.3 Å². The number of nitrogens with zero attached hydrogens (tertiary/aromatic N) is 2. The van der Waals surface area contributed by atoms with Crippen LogP contribution in [0.15, 0.2) is 24.3 Å². The highest BCUT2D eigenvalue weighted by atomic mass is 16.2. The third kappa shape index (κ3) is 4.68. The Hall–Kier alpha value is -2.63. The molecule has 0 fully saturated rings. The Morgan fingerprint density at radius 2 is 1.56 bits per heavy atom. The molecule has 0 saturated heterocycles. The Balaban J connectivity index is 1.99. The quantitative estimate of drug-likeness (QED) is 0.896. The number of hydrogen-bond donors (Lipinski definition) is 2. The van der Waals surface area contributed by atoms with Crippen molar-refractivity contribution < 1.29 is 9.59 Å². The smallest absolute Gasteiger partial charge is 0.229 e. The second kappa shape index (κ2) is 7.09. The van der Waals surface area contributed by atoms with Gasteiger partial charge in [0.05, 0.1) is 12.1 Å². The second-order valence-corrected chi connectivity index (χ2v) is 7.28. The van der Waals surface area contributed by atoms with Gasteiger partial charge in [0.1, 0.15) is 0 Å². The number of aromatic nitrogens is 2. The van der Waals surface area contributed by atoms with Crippen molar-refractivity contribution in [1.29, 1.82) is 0 Å². The van der Waals surface area contributed by atoms with E-state index in [4.69, 9.17) is 0 Å². The zero-order valence-corrected chi connectivity index (χ0v) is 15.7. The molecule has 1 heterocycles. The average Bonchev–Trinajstić information content (AvgIpc) is 2.74. The number of carbonyl (C=O) groups excluding carboxylic acids is 2. The average molecular weight is 342 g/mol. The molecule has 2 aromatic rings. The van der Waals surface area contributed by atoms with Crippen LogP contribution in [0.4, 0.5) is 11.4 Å². The normalized spacial score (nSPS) is 11.3. The maximum absolute atomic E-state index is 12.3. The third-order valence-electron chi connectivity index (χ3n) is 4.10. The molecule has 6 heteroatoms. The summed E-state index contributed by atoms with van der Waals surface area (Å²) in [6.45, 7) is 9.44. The molecule has 1 aromatic carbocycles. The molecule has 0 atom stereocenters. The van der Waals surface area contributed by atoms with E-state index in [0.717, 1.165) is 17.0 Å². The maximum atomic E-state index is 12.3. The van der Waals surface area contributed by atoms with Gasteiger partial charge in [0.25, 0.3) is 0 Å². The van der Waals surface area contributed by atoms with Crippen molar-refractivity contribution in [3.05, 3.63) is 41.2 Å². The zero-order valence-electron chi connectivity index (χ0n) is 15.7. The molecular weight excluding hydrogens is 316 g/mol. The van der Waals surface area contributed by atoms with E-state index in [2.05, 4.69) is 15.7 Å². The van der Waals surface area contributed by atoms with Crippen LogP contribution in [0.2, 0.25) is 0 Å². The number of hydrogen-bond acceptors (Lipinski definition) is 3. The minimum atomic E-state index is -0.452. The predicted molar refractivity (Wildman–Crippen MR) is 99.5 cm³/mol. The lowest BCUT2D eigenvalue weighted by molar-refractivity contribution is -0.123. The van der Waals surface area contributed by atoms with Crippen molar-refractivity contribution in [2.45, 2.75) is 41.0 Å². The molecule has 2 amide bonds. The summed E-state index contributed by atoms with van der Waals surface area (Å²) < 4.78 is 1.78. The number of anilines is 2. The first-order chi connectivity index (χ1) is 11.6. The minimum Gasteiger partial charge on any atom is -0.326 e. The van der Waals surface area contributed by atoms with Crippen LogP contribution in [-0.2, 0) is 23.1 Å². The first kappa shape index (κ1) is 18.7. The van der Waals surface area contributed by atoms with Gasteiger partial charge in [0, 0.05) is 35.1 Å². The van der Waals surface area contributed by atoms with Gasteiger partial charge in [-0.05, 0) is 38.1 Å². The standard InChI is InChI=1S/C19H26N4O2/c1-12-16(13(2)23(6)22-12)11-17(24)20-14-7-9-15(10-8-14)21-18(25)19(3,4)5/h7-10H,11H2,1-6H3,(H,20,24)(H,21,25). The largest absolute Gasteiger partial charge is 0.326 e. The van der Waals surface area contributed by atoms with E-state index in [-0.39, 0.29) is 18.2 Å². The number of aryl methyl sites for hydroxylation is 2. The third-order valence-corrected chi connectivity index (χ3v) is 4.10. The highest BCUT2D eigenvalue weighted by Gasteiger charge is 2.21. The van der Waals surface area contributed by atoms with E-state index < -0.39 is 5.41 Å². The van der Waals surface area contributed by atoms with Crippen molar-refractivity contribution in [1.82, 2.24) is 9.78 Å². The van der Waals surface area contributed by atoms with Gasteiger partial charge in [-0.1, -0.05) is 20.8 Å². The first-order valence-corrected chi connectivity index (χ1v) is 8.28. The summed E-state index contributed by atoms with van der Waals surface area (Å²) >= 11 is 0. The van der Waals surface area contributed by atoms with Crippen LogP contribution >= 0.6 is 0 Å².